The molecule has 0 amide bonds. The number of Topliss-reactive ketones (excluding diaryl/α,β-unsaturated/α-hetero) is 1. The summed E-state index contributed by atoms with van der Waals surface area (Å²) in [5.74, 6) is 1.49. The summed E-state index contributed by atoms with van der Waals surface area (Å²) < 4.78 is 6.49. The first-order valence-electron chi connectivity index (χ1n) is 6.10. The Morgan fingerprint density at radius 3 is 2.94 bits per heavy atom. The average Bonchev–Trinajstić information content (AvgIpc) is 2.40. The number of carbonyl (C=O) groups is 1. The maximum Gasteiger partial charge on any atom is 0.163 e. The van der Waals surface area contributed by atoms with E-state index < -0.39 is 0 Å². The number of ketones is 1. The third-order valence-corrected chi connectivity index (χ3v) is 3.91. The largest absolute Gasteiger partial charge is 0.494 e. The van der Waals surface area contributed by atoms with E-state index in [0.29, 0.717) is 18.9 Å². The Morgan fingerprint density at radius 1 is 1.47 bits per heavy atom. The van der Waals surface area contributed by atoms with Crippen LogP contribution in [0, 0.1) is 5.92 Å². The Kier molecular flexibility index (Phi) is 3.87. The Morgan fingerprint density at radius 2 is 2.24 bits per heavy atom. The van der Waals surface area contributed by atoms with Crippen molar-refractivity contribution in [2.45, 2.75) is 33.1 Å². The fourth-order valence-corrected chi connectivity index (χ4v) is 2.92. The van der Waals surface area contributed by atoms with Crippen molar-refractivity contribution < 1.29 is 9.53 Å². The normalized spacial score (nSPS) is 19.7. The van der Waals surface area contributed by atoms with Crippen LogP contribution in [0.2, 0.25) is 0 Å². The van der Waals surface area contributed by atoms with E-state index in [1.807, 2.05) is 19.1 Å². The van der Waals surface area contributed by atoms with Crippen molar-refractivity contribution in [3.63, 3.8) is 0 Å². The average molecular weight is 297 g/mol. The van der Waals surface area contributed by atoms with Gasteiger partial charge in [-0.05, 0) is 43.4 Å². The summed E-state index contributed by atoms with van der Waals surface area (Å²) in [5, 5.41) is 0. The number of carbonyl (C=O) groups excluding carboxylic acids is 1. The summed E-state index contributed by atoms with van der Waals surface area (Å²) in [6.07, 6.45) is 2.69. The molecule has 0 spiro atoms. The lowest BCUT2D eigenvalue weighted by molar-refractivity contribution is 0.0966. The number of benzene rings is 1. The van der Waals surface area contributed by atoms with Gasteiger partial charge in [0.05, 0.1) is 6.61 Å². The highest BCUT2D eigenvalue weighted by molar-refractivity contribution is 9.10. The van der Waals surface area contributed by atoms with Crippen LogP contribution in [0.25, 0.3) is 0 Å². The van der Waals surface area contributed by atoms with E-state index in [1.54, 1.807) is 0 Å². The molecule has 3 heteroatoms. The van der Waals surface area contributed by atoms with Gasteiger partial charge >= 0.3 is 0 Å². The number of hydrogen-bond acceptors (Lipinski definition) is 2. The number of rotatable bonds is 2. The van der Waals surface area contributed by atoms with E-state index in [2.05, 4.69) is 22.9 Å². The molecule has 0 saturated carbocycles. The molecular formula is C14H17BrO2. The van der Waals surface area contributed by atoms with Crippen LogP contribution in [0.5, 0.6) is 5.75 Å². The van der Waals surface area contributed by atoms with Crippen molar-refractivity contribution in [2.24, 2.45) is 5.92 Å². The van der Waals surface area contributed by atoms with Crippen LogP contribution in [-0.4, -0.2) is 12.4 Å². The highest BCUT2D eigenvalue weighted by atomic mass is 79.9. The van der Waals surface area contributed by atoms with Gasteiger partial charge in [0.1, 0.15) is 5.75 Å². The molecule has 0 fully saturated rings. The Bertz CT molecular complexity index is 440. The fourth-order valence-electron chi connectivity index (χ4n) is 2.28. The van der Waals surface area contributed by atoms with Gasteiger partial charge in [-0.3, -0.25) is 4.79 Å². The second kappa shape index (κ2) is 5.21. The van der Waals surface area contributed by atoms with Crippen molar-refractivity contribution in [3.8, 4) is 5.75 Å². The molecular weight excluding hydrogens is 280 g/mol. The van der Waals surface area contributed by atoms with Gasteiger partial charge in [0.15, 0.2) is 5.78 Å². The lowest BCUT2D eigenvalue weighted by Gasteiger charge is -2.11. The summed E-state index contributed by atoms with van der Waals surface area (Å²) in [5.41, 5.74) is 1.98. The lowest BCUT2D eigenvalue weighted by Crippen LogP contribution is -2.04. The van der Waals surface area contributed by atoms with Crippen molar-refractivity contribution in [1.82, 2.24) is 0 Å². The van der Waals surface area contributed by atoms with Crippen LogP contribution < -0.4 is 4.74 Å². The van der Waals surface area contributed by atoms with Gasteiger partial charge in [-0.15, -0.1) is 0 Å². The first-order chi connectivity index (χ1) is 8.11. The summed E-state index contributed by atoms with van der Waals surface area (Å²) >= 11 is 3.55. The van der Waals surface area contributed by atoms with Gasteiger partial charge in [0.2, 0.25) is 0 Å². The van der Waals surface area contributed by atoms with E-state index in [1.165, 1.54) is 0 Å². The molecule has 0 aromatic heterocycles. The van der Waals surface area contributed by atoms with Crippen molar-refractivity contribution in [2.75, 3.05) is 6.61 Å². The molecule has 0 heterocycles. The van der Waals surface area contributed by atoms with E-state index in [4.69, 9.17) is 4.74 Å². The monoisotopic (exact) mass is 296 g/mol. The van der Waals surface area contributed by atoms with E-state index in [9.17, 15) is 4.79 Å². The maximum atomic E-state index is 12.1. The van der Waals surface area contributed by atoms with Crippen molar-refractivity contribution in [1.29, 1.82) is 0 Å². The van der Waals surface area contributed by atoms with E-state index >= 15 is 0 Å². The Labute approximate surface area is 110 Å². The fraction of sp³-hybridized carbons (Fsp3) is 0.500. The minimum absolute atomic E-state index is 0.243. The molecule has 0 aliphatic heterocycles. The molecule has 17 heavy (non-hydrogen) atoms. The zero-order valence-electron chi connectivity index (χ0n) is 10.3. The summed E-state index contributed by atoms with van der Waals surface area (Å²) in [4.78, 5) is 12.1. The minimum atomic E-state index is 0.243. The SMILES string of the molecule is CCOc1cc(Br)c2c(c1)C(=O)CC(C)CC2. The molecule has 2 rings (SSSR count). The molecule has 0 bridgehead atoms. The zero-order valence-corrected chi connectivity index (χ0v) is 11.8. The molecule has 1 aromatic rings. The van der Waals surface area contributed by atoms with Crippen LogP contribution in [-0.2, 0) is 6.42 Å². The smallest absolute Gasteiger partial charge is 0.163 e. The summed E-state index contributed by atoms with van der Waals surface area (Å²) in [7, 11) is 0. The second-order valence-electron chi connectivity index (χ2n) is 4.64. The quantitative estimate of drug-likeness (QED) is 0.771. The predicted octanol–water partition coefficient (Wildman–Crippen LogP) is 4.00. The number of hydrogen-bond donors (Lipinski definition) is 0. The second-order valence-corrected chi connectivity index (χ2v) is 5.49. The highest BCUT2D eigenvalue weighted by Gasteiger charge is 2.22. The number of ether oxygens (including phenoxy) is 1. The van der Waals surface area contributed by atoms with Gasteiger partial charge in [0, 0.05) is 16.5 Å². The number of halogens is 1. The maximum absolute atomic E-state index is 12.1. The van der Waals surface area contributed by atoms with Gasteiger partial charge in [-0.2, -0.15) is 0 Å². The molecule has 1 aliphatic rings. The first-order valence-corrected chi connectivity index (χ1v) is 6.89. The van der Waals surface area contributed by atoms with Gasteiger partial charge < -0.3 is 4.74 Å². The summed E-state index contributed by atoms with van der Waals surface area (Å²) in [6, 6.07) is 3.86. The molecule has 0 N–H and O–H groups in total. The molecule has 1 atom stereocenters. The molecule has 0 saturated heterocycles. The van der Waals surface area contributed by atoms with Crippen LogP contribution >= 0.6 is 15.9 Å². The molecule has 92 valence electrons. The van der Waals surface area contributed by atoms with E-state index in [-0.39, 0.29) is 5.78 Å². The van der Waals surface area contributed by atoms with Gasteiger partial charge in [-0.25, -0.2) is 0 Å². The third-order valence-electron chi connectivity index (χ3n) is 3.20. The Balaban J connectivity index is 2.44. The molecule has 2 nitrogen and oxygen atoms in total. The summed E-state index contributed by atoms with van der Waals surface area (Å²) in [6.45, 7) is 4.71. The molecule has 0 radical (unpaired) electrons. The topological polar surface area (TPSA) is 26.3 Å². The van der Waals surface area contributed by atoms with Gasteiger partial charge in [0.25, 0.3) is 0 Å². The van der Waals surface area contributed by atoms with Crippen molar-refractivity contribution in [3.05, 3.63) is 27.7 Å². The van der Waals surface area contributed by atoms with Crippen LogP contribution in [0.4, 0.5) is 0 Å². The van der Waals surface area contributed by atoms with Crippen molar-refractivity contribution >= 4 is 21.7 Å². The first kappa shape index (κ1) is 12.6. The standard InChI is InChI=1S/C14H17BrO2/c1-3-17-10-7-12-11(13(15)8-10)5-4-9(2)6-14(12)16/h7-9H,3-6H2,1-2H3. The lowest BCUT2D eigenvalue weighted by atomic mass is 10.0. The predicted molar refractivity (Wildman–Crippen MR) is 71.7 cm³/mol. The number of fused-ring (bicyclic) bond motifs is 1. The highest BCUT2D eigenvalue weighted by Crippen LogP contribution is 2.33. The molecule has 1 unspecified atom stereocenters. The molecule has 1 aromatic carbocycles. The van der Waals surface area contributed by atoms with Crippen LogP contribution in [0.1, 0.15) is 42.6 Å². The van der Waals surface area contributed by atoms with Gasteiger partial charge in [-0.1, -0.05) is 22.9 Å². The van der Waals surface area contributed by atoms with E-state index in [0.717, 1.165) is 34.2 Å². The third kappa shape index (κ3) is 2.71. The van der Waals surface area contributed by atoms with Crippen LogP contribution in [0.3, 0.4) is 0 Å². The zero-order chi connectivity index (χ0) is 12.4. The Hall–Kier alpha value is -0.830. The molecule has 1 aliphatic carbocycles. The van der Waals surface area contributed by atoms with Crippen LogP contribution in [0.15, 0.2) is 16.6 Å². The minimum Gasteiger partial charge on any atom is -0.494 e.